The number of ether oxygens (including phenoxy) is 1. The Bertz CT molecular complexity index is 408. The first-order valence-electron chi connectivity index (χ1n) is 5.89. The zero-order chi connectivity index (χ0) is 12.3. The van der Waals surface area contributed by atoms with Crippen molar-refractivity contribution in [3.05, 3.63) is 29.8 Å². The molecular formula is C13H19ClN2O2. The standard InChI is InChI=1S/C13H18N2O2.ClH/c1-17-11-4-2-3-10(7-11)13(16)15-12(8-14)9-5-6-9;/h2-4,7,9,12H,5-6,8,14H2,1H3,(H,15,16);1H. The highest BCUT2D eigenvalue weighted by Crippen LogP contribution is 2.32. The highest BCUT2D eigenvalue weighted by Gasteiger charge is 2.31. The summed E-state index contributed by atoms with van der Waals surface area (Å²) in [4.78, 5) is 12.0. The van der Waals surface area contributed by atoms with Crippen LogP contribution in [0.4, 0.5) is 0 Å². The number of nitrogens with two attached hydrogens (primary N) is 1. The Morgan fingerprint density at radius 2 is 2.28 bits per heavy atom. The van der Waals surface area contributed by atoms with E-state index in [-0.39, 0.29) is 24.4 Å². The van der Waals surface area contributed by atoms with Crippen molar-refractivity contribution in [3.63, 3.8) is 0 Å². The topological polar surface area (TPSA) is 64.3 Å². The molecule has 1 amide bonds. The molecule has 3 N–H and O–H groups in total. The summed E-state index contributed by atoms with van der Waals surface area (Å²) in [7, 11) is 1.59. The number of carbonyl (C=O) groups is 1. The molecule has 0 heterocycles. The monoisotopic (exact) mass is 270 g/mol. The van der Waals surface area contributed by atoms with E-state index in [2.05, 4.69) is 5.32 Å². The number of rotatable bonds is 5. The van der Waals surface area contributed by atoms with Crippen LogP contribution in [-0.4, -0.2) is 25.6 Å². The molecule has 1 atom stereocenters. The largest absolute Gasteiger partial charge is 0.497 e. The molecule has 5 heteroatoms. The third-order valence-corrected chi connectivity index (χ3v) is 3.09. The molecule has 1 aromatic rings. The Morgan fingerprint density at radius 3 is 2.83 bits per heavy atom. The number of methoxy groups -OCH3 is 1. The molecule has 100 valence electrons. The van der Waals surface area contributed by atoms with Crippen LogP contribution < -0.4 is 15.8 Å². The summed E-state index contributed by atoms with van der Waals surface area (Å²) in [6, 6.07) is 7.24. The summed E-state index contributed by atoms with van der Waals surface area (Å²) in [6.07, 6.45) is 2.33. The molecule has 1 saturated carbocycles. The maximum Gasteiger partial charge on any atom is 0.251 e. The van der Waals surface area contributed by atoms with Crippen molar-refractivity contribution >= 4 is 18.3 Å². The lowest BCUT2D eigenvalue weighted by atomic mass is 10.1. The molecule has 0 spiro atoms. The summed E-state index contributed by atoms with van der Waals surface area (Å²) >= 11 is 0. The van der Waals surface area contributed by atoms with Gasteiger partial charge in [0.25, 0.3) is 5.91 Å². The second-order valence-corrected chi connectivity index (χ2v) is 4.39. The molecule has 2 rings (SSSR count). The molecule has 1 aliphatic rings. The first kappa shape index (κ1) is 14.8. The molecule has 0 saturated heterocycles. The number of halogens is 1. The second kappa shape index (κ2) is 6.61. The summed E-state index contributed by atoms with van der Waals surface area (Å²) in [5, 5.41) is 2.98. The van der Waals surface area contributed by atoms with Gasteiger partial charge in [-0.1, -0.05) is 6.07 Å². The summed E-state index contributed by atoms with van der Waals surface area (Å²) in [5.41, 5.74) is 6.27. The average Bonchev–Trinajstić information content (AvgIpc) is 3.20. The van der Waals surface area contributed by atoms with Gasteiger partial charge in [-0.05, 0) is 37.0 Å². The Balaban J connectivity index is 0.00000162. The van der Waals surface area contributed by atoms with Crippen molar-refractivity contribution in [2.75, 3.05) is 13.7 Å². The predicted octanol–water partition coefficient (Wildman–Crippen LogP) is 1.58. The van der Waals surface area contributed by atoms with Crippen LogP contribution in [0.3, 0.4) is 0 Å². The van der Waals surface area contributed by atoms with E-state index in [0.29, 0.717) is 23.8 Å². The van der Waals surface area contributed by atoms with E-state index < -0.39 is 0 Å². The van der Waals surface area contributed by atoms with Crippen molar-refractivity contribution in [2.24, 2.45) is 11.7 Å². The van der Waals surface area contributed by atoms with Gasteiger partial charge in [0.1, 0.15) is 5.75 Å². The minimum absolute atomic E-state index is 0. The van der Waals surface area contributed by atoms with Gasteiger partial charge in [0, 0.05) is 18.2 Å². The molecule has 4 nitrogen and oxygen atoms in total. The van der Waals surface area contributed by atoms with Crippen molar-refractivity contribution in [2.45, 2.75) is 18.9 Å². The lowest BCUT2D eigenvalue weighted by Gasteiger charge is -2.16. The molecule has 1 unspecified atom stereocenters. The van der Waals surface area contributed by atoms with Gasteiger partial charge >= 0.3 is 0 Å². The second-order valence-electron chi connectivity index (χ2n) is 4.39. The Kier molecular flexibility index (Phi) is 5.44. The van der Waals surface area contributed by atoms with Crippen molar-refractivity contribution < 1.29 is 9.53 Å². The van der Waals surface area contributed by atoms with Crippen LogP contribution in [0, 0.1) is 5.92 Å². The van der Waals surface area contributed by atoms with Gasteiger partial charge in [0.15, 0.2) is 0 Å². The Morgan fingerprint density at radius 1 is 1.56 bits per heavy atom. The number of amides is 1. The maximum atomic E-state index is 12.0. The lowest BCUT2D eigenvalue weighted by Crippen LogP contribution is -2.41. The fourth-order valence-corrected chi connectivity index (χ4v) is 1.88. The average molecular weight is 271 g/mol. The van der Waals surface area contributed by atoms with Gasteiger partial charge in [0.05, 0.1) is 7.11 Å². The SMILES string of the molecule is COc1cccc(C(=O)NC(CN)C2CC2)c1.Cl. The van der Waals surface area contributed by atoms with Crippen LogP contribution in [0.15, 0.2) is 24.3 Å². The van der Waals surface area contributed by atoms with E-state index in [9.17, 15) is 4.79 Å². The highest BCUT2D eigenvalue weighted by molar-refractivity contribution is 5.94. The van der Waals surface area contributed by atoms with Gasteiger partial charge < -0.3 is 15.8 Å². The normalized spacial score (nSPS) is 15.4. The summed E-state index contributed by atoms with van der Waals surface area (Å²) in [5.74, 6) is 1.18. The first-order valence-corrected chi connectivity index (χ1v) is 5.89. The fraction of sp³-hybridized carbons (Fsp3) is 0.462. The first-order chi connectivity index (χ1) is 8.24. The van der Waals surface area contributed by atoms with Crippen LogP contribution in [0.5, 0.6) is 5.75 Å². The fourth-order valence-electron chi connectivity index (χ4n) is 1.88. The van der Waals surface area contributed by atoms with Crippen molar-refractivity contribution in [1.29, 1.82) is 0 Å². The predicted molar refractivity (Wildman–Crippen MR) is 73.3 cm³/mol. The maximum absolute atomic E-state index is 12.0. The Labute approximate surface area is 113 Å². The van der Waals surface area contributed by atoms with Crippen molar-refractivity contribution in [1.82, 2.24) is 5.32 Å². The van der Waals surface area contributed by atoms with E-state index in [1.807, 2.05) is 12.1 Å². The smallest absolute Gasteiger partial charge is 0.251 e. The van der Waals surface area contributed by atoms with Gasteiger partial charge in [-0.15, -0.1) is 12.4 Å². The molecule has 18 heavy (non-hydrogen) atoms. The van der Waals surface area contributed by atoms with E-state index in [4.69, 9.17) is 10.5 Å². The number of carbonyl (C=O) groups excluding carboxylic acids is 1. The summed E-state index contributed by atoms with van der Waals surface area (Å²) in [6.45, 7) is 0.500. The zero-order valence-electron chi connectivity index (χ0n) is 10.4. The van der Waals surface area contributed by atoms with E-state index >= 15 is 0 Å². The van der Waals surface area contributed by atoms with E-state index in [1.165, 1.54) is 12.8 Å². The van der Waals surface area contributed by atoms with Crippen LogP contribution in [0.25, 0.3) is 0 Å². The number of hydrogen-bond acceptors (Lipinski definition) is 3. The number of benzene rings is 1. The van der Waals surface area contributed by atoms with Gasteiger partial charge in [0.2, 0.25) is 0 Å². The third-order valence-electron chi connectivity index (χ3n) is 3.09. The van der Waals surface area contributed by atoms with Crippen molar-refractivity contribution in [3.8, 4) is 5.75 Å². The number of hydrogen-bond donors (Lipinski definition) is 2. The molecule has 0 aromatic heterocycles. The molecule has 1 aromatic carbocycles. The highest BCUT2D eigenvalue weighted by atomic mass is 35.5. The minimum Gasteiger partial charge on any atom is -0.497 e. The van der Waals surface area contributed by atoms with E-state index in [1.54, 1.807) is 19.2 Å². The lowest BCUT2D eigenvalue weighted by molar-refractivity contribution is 0.0933. The zero-order valence-corrected chi connectivity index (χ0v) is 11.2. The molecule has 0 bridgehead atoms. The molecule has 0 aliphatic heterocycles. The molecule has 1 aliphatic carbocycles. The minimum atomic E-state index is -0.0775. The van der Waals surface area contributed by atoms with Crippen LogP contribution in [0.1, 0.15) is 23.2 Å². The van der Waals surface area contributed by atoms with Crippen LogP contribution in [0.2, 0.25) is 0 Å². The number of nitrogens with one attached hydrogen (secondary N) is 1. The quantitative estimate of drug-likeness (QED) is 0.854. The third kappa shape index (κ3) is 3.62. The molecule has 1 fully saturated rings. The van der Waals surface area contributed by atoms with Crippen LogP contribution >= 0.6 is 12.4 Å². The summed E-state index contributed by atoms with van der Waals surface area (Å²) < 4.78 is 5.09. The van der Waals surface area contributed by atoms with E-state index in [0.717, 1.165) is 0 Å². The van der Waals surface area contributed by atoms with Crippen LogP contribution in [-0.2, 0) is 0 Å². The molecular weight excluding hydrogens is 252 g/mol. The molecule has 0 radical (unpaired) electrons. The van der Waals surface area contributed by atoms with Gasteiger partial charge in [-0.3, -0.25) is 4.79 Å². The van der Waals surface area contributed by atoms with Gasteiger partial charge in [-0.2, -0.15) is 0 Å². The Hall–Kier alpha value is -1.26. The van der Waals surface area contributed by atoms with Gasteiger partial charge in [-0.25, -0.2) is 0 Å².